The van der Waals surface area contributed by atoms with Crippen molar-refractivity contribution in [2.24, 2.45) is 0 Å². The lowest BCUT2D eigenvalue weighted by Gasteiger charge is -2.29. The van der Waals surface area contributed by atoms with Gasteiger partial charge in [0.25, 0.3) is 0 Å². The lowest BCUT2D eigenvalue weighted by atomic mass is 10.0. The van der Waals surface area contributed by atoms with Gasteiger partial charge in [-0.25, -0.2) is 9.59 Å². The zero-order valence-corrected chi connectivity index (χ0v) is 22.1. The molecule has 2 amide bonds. The summed E-state index contributed by atoms with van der Waals surface area (Å²) in [5.41, 5.74) is 0.693. The zero-order valence-electron chi connectivity index (χ0n) is 22.1. The molecule has 2 rings (SSSR count). The summed E-state index contributed by atoms with van der Waals surface area (Å²) < 4.78 is 101. The summed E-state index contributed by atoms with van der Waals surface area (Å²) in [6.07, 6.45) is -6.38. The molecule has 0 bridgehead atoms. The van der Waals surface area contributed by atoms with Gasteiger partial charge in [0.15, 0.2) is 6.10 Å². The van der Waals surface area contributed by atoms with E-state index in [9.17, 15) is 45.4 Å². The highest BCUT2D eigenvalue weighted by atomic mass is 19.4. The van der Waals surface area contributed by atoms with Crippen LogP contribution in [0.1, 0.15) is 57.4 Å². The second-order valence-corrected chi connectivity index (χ2v) is 9.63. The summed E-state index contributed by atoms with van der Waals surface area (Å²) in [6.45, 7) is 1.76. The van der Waals surface area contributed by atoms with Gasteiger partial charge in [-0.3, -0.25) is 0 Å². The molecule has 1 aromatic rings. The molecule has 1 aromatic carbocycles. The summed E-state index contributed by atoms with van der Waals surface area (Å²) in [6, 6.07) is 5.95. The minimum absolute atomic E-state index is 0.000830. The molecule has 0 radical (unpaired) electrons. The summed E-state index contributed by atoms with van der Waals surface area (Å²) in [4.78, 5) is 25.3. The number of hydrogen-bond acceptors (Lipinski definition) is 4. The Kier molecular flexibility index (Phi) is 12.3. The number of carbonyl (C=O) groups excluding carboxylic acids is 1. The third-order valence-electron chi connectivity index (χ3n) is 6.57. The number of carboxylic acid groups (broad SMARTS) is 1. The van der Waals surface area contributed by atoms with Crippen molar-refractivity contribution in [2.75, 3.05) is 26.3 Å². The first-order chi connectivity index (χ1) is 18.7. The van der Waals surface area contributed by atoms with E-state index in [4.69, 9.17) is 9.47 Å². The van der Waals surface area contributed by atoms with Crippen LogP contribution in [0.3, 0.4) is 0 Å². The maximum atomic E-state index is 13.6. The number of carboxylic acids is 1. The van der Waals surface area contributed by atoms with E-state index in [1.807, 2.05) is 0 Å². The largest absolute Gasteiger partial charge is 0.492 e. The third kappa shape index (κ3) is 9.70. The molecule has 2 N–H and O–H groups in total. The fourth-order valence-corrected chi connectivity index (χ4v) is 4.29. The SMILES string of the molecule is CCOC(Cc1ccc(OCCN(CCCCC(F)(F)C(F)(F)C(F)(F)F)C(=O)NC2CCCC2)cc1)C(=O)O. The Hall–Kier alpha value is -2.77. The first-order valence-corrected chi connectivity index (χ1v) is 13.1. The lowest BCUT2D eigenvalue weighted by molar-refractivity contribution is -0.355. The van der Waals surface area contributed by atoms with Crippen molar-refractivity contribution >= 4 is 12.0 Å². The number of aliphatic carboxylic acids is 1. The predicted molar refractivity (Wildman–Crippen MR) is 131 cm³/mol. The van der Waals surface area contributed by atoms with Crippen molar-refractivity contribution in [2.45, 2.75) is 88.5 Å². The average molecular weight is 589 g/mol. The molecule has 0 spiro atoms. The Morgan fingerprint density at radius 3 is 2.20 bits per heavy atom. The van der Waals surface area contributed by atoms with Gasteiger partial charge in [0.05, 0.1) is 6.54 Å². The van der Waals surface area contributed by atoms with Gasteiger partial charge in [-0.05, 0) is 50.3 Å². The van der Waals surface area contributed by atoms with Crippen LogP contribution < -0.4 is 10.1 Å². The Balaban J connectivity index is 1.92. The number of ether oxygens (including phenoxy) is 2. The van der Waals surface area contributed by atoms with Gasteiger partial charge in [-0.1, -0.05) is 25.0 Å². The second kappa shape index (κ2) is 14.7. The van der Waals surface area contributed by atoms with E-state index in [0.29, 0.717) is 11.3 Å². The number of benzene rings is 1. The summed E-state index contributed by atoms with van der Waals surface area (Å²) >= 11 is 0. The molecule has 1 aliphatic rings. The van der Waals surface area contributed by atoms with E-state index in [-0.39, 0.29) is 45.2 Å². The zero-order chi connectivity index (χ0) is 30.0. The Morgan fingerprint density at radius 2 is 1.65 bits per heavy atom. The molecule has 1 atom stereocenters. The first-order valence-electron chi connectivity index (χ1n) is 13.1. The van der Waals surface area contributed by atoms with E-state index < -0.39 is 49.0 Å². The van der Waals surface area contributed by atoms with Crippen molar-refractivity contribution in [3.8, 4) is 5.75 Å². The van der Waals surface area contributed by atoms with Crippen LogP contribution in [-0.4, -0.2) is 78.5 Å². The Morgan fingerprint density at radius 1 is 1.02 bits per heavy atom. The van der Waals surface area contributed by atoms with Gasteiger partial charge in [-0.2, -0.15) is 30.7 Å². The predicted octanol–water partition coefficient (Wildman–Crippen LogP) is 6.06. The van der Waals surface area contributed by atoms with E-state index >= 15 is 0 Å². The number of halogens is 7. The molecule has 1 saturated carbocycles. The molecule has 0 heterocycles. The highest BCUT2D eigenvalue weighted by Gasteiger charge is 2.72. The number of rotatable bonds is 16. The van der Waals surface area contributed by atoms with Crippen molar-refractivity contribution in [1.29, 1.82) is 0 Å². The maximum Gasteiger partial charge on any atom is 0.459 e. The molecular weight excluding hydrogens is 553 g/mol. The highest BCUT2D eigenvalue weighted by molar-refractivity contribution is 5.74. The molecular formula is C26H35F7N2O5. The number of alkyl halides is 7. The lowest BCUT2D eigenvalue weighted by Crippen LogP contribution is -2.51. The van der Waals surface area contributed by atoms with Gasteiger partial charge in [0.2, 0.25) is 0 Å². The fourth-order valence-electron chi connectivity index (χ4n) is 4.29. The van der Waals surface area contributed by atoms with Gasteiger partial charge in [0.1, 0.15) is 12.4 Å². The van der Waals surface area contributed by atoms with Crippen LogP contribution in [0.4, 0.5) is 35.5 Å². The molecule has 1 fully saturated rings. The van der Waals surface area contributed by atoms with Gasteiger partial charge >= 0.3 is 30.0 Å². The molecule has 1 unspecified atom stereocenters. The van der Waals surface area contributed by atoms with Crippen LogP contribution in [-0.2, 0) is 16.0 Å². The number of nitrogens with one attached hydrogen (secondary N) is 1. The number of hydrogen-bond donors (Lipinski definition) is 2. The smallest absolute Gasteiger partial charge is 0.459 e. The number of unbranched alkanes of at least 4 members (excludes halogenated alkanes) is 1. The standard InChI is InChI=1S/C26H35F7N2O5/c1-2-39-21(22(36)37)17-18-9-11-20(12-10-18)40-16-15-35(23(38)34-19-7-3-4-8-19)14-6-5-13-24(27,28)25(29,30)26(31,32)33/h9-12,19,21H,2-8,13-17H2,1H3,(H,34,38)(H,36,37). The van der Waals surface area contributed by atoms with Crippen LogP contribution >= 0.6 is 0 Å². The van der Waals surface area contributed by atoms with Crippen LogP contribution in [0.5, 0.6) is 5.75 Å². The molecule has 228 valence electrons. The van der Waals surface area contributed by atoms with E-state index in [1.165, 1.54) is 4.90 Å². The molecule has 0 aliphatic heterocycles. The normalized spacial score (nSPS) is 15.6. The van der Waals surface area contributed by atoms with Crippen molar-refractivity contribution in [3.63, 3.8) is 0 Å². The fraction of sp³-hybridized carbons (Fsp3) is 0.692. The van der Waals surface area contributed by atoms with E-state index in [0.717, 1.165) is 25.7 Å². The van der Waals surface area contributed by atoms with Gasteiger partial charge < -0.3 is 24.8 Å². The quantitative estimate of drug-likeness (QED) is 0.181. The van der Waals surface area contributed by atoms with E-state index in [2.05, 4.69) is 5.32 Å². The van der Waals surface area contributed by atoms with Crippen LogP contribution in [0.15, 0.2) is 24.3 Å². The summed E-state index contributed by atoms with van der Waals surface area (Å²) in [5, 5.41) is 12.0. The number of amides is 2. The van der Waals surface area contributed by atoms with Crippen molar-refractivity contribution in [1.82, 2.24) is 10.2 Å². The minimum atomic E-state index is -6.37. The molecule has 40 heavy (non-hydrogen) atoms. The molecule has 0 aromatic heterocycles. The minimum Gasteiger partial charge on any atom is -0.492 e. The average Bonchev–Trinajstić information content (AvgIpc) is 3.38. The number of urea groups is 1. The molecule has 0 saturated heterocycles. The summed E-state index contributed by atoms with van der Waals surface area (Å²) in [7, 11) is 0. The van der Waals surface area contributed by atoms with Crippen LogP contribution in [0.2, 0.25) is 0 Å². The Bertz CT molecular complexity index is 938. The second-order valence-electron chi connectivity index (χ2n) is 9.63. The molecule has 7 nitrogen and oxygen atoms in total. The summed E-state index contributed by atoms with van der Waals surface area (Å²) in [5.74, 6) is -12.1. The number of nitrogens with zero attached hydrogens (tertiary/aromatic N) is 1. The van der Waals surface area contributed by atoms with E-state index in [1.54, 1.807) is 31.2 Å². The Labute approximate surface area is 228 Å². The highest BCUT2D eigenvalue weighted by Crippen LogP contribution is 2.48. The number of carbonyl (C=O) groups is 2. The van der Waals surface area contributed by atoms with Crippen LogP contribution in [0, 0.1) is 0 Å². The molecule has 1 aliphatic carbocycles. The monoisotopic (exact) mass is 588 g/mol. The first kappa shape index (κ1) is 33.4. The molecule has 14 heteroatoms. The third-order valence-corrected chi connectivity index (χ3v) is 6.57. The van der Waals surface area contributed by atoms with Gasteiger partial charge in [0, 0.05) is 32.0 Å². The van der Waals surface area contributed by atoms with Crippen molar-refractivity contribution < 1.29 is 54.9 Å². The maximum absolute atomic E-state index is 13.6. The topological polar surface area (TPSA) is 88.1 Å². The van der Waals surface area contributed by atoms with Crippen molar-refractivity contribution in [3.05, 3.63) is 29.8 Å². The van der Waals surface area contributed by atoms with Crippen LogP contribution in [0.25, 0.3) is 0 Å². The van der Waals surface area contributed by atoms with Gasteiger partial charge in [-0.15, -0.1) is 0 Å².